The highest BCUT2D eigenvalue weighted by atomic mass is 19.3. The van der Waals surface area contributed by atoms with Gasteiger partial charge in [0.1, 0.15) is 18.1 Å². The smallest absolute Gasteiger partial charge is 0.273 e. The van der Waals surface area contributed by atoms with Crippen molar-refractivity contribution in [3.8, 4) is 11.4 Å². The monoisotopic (exact) mass is 347 g/mol. The third-order valence-corrected chi connectivity index (χ3v) is 3.39. The fraction of sp³-hybridized carbons (Fsp3) is 0.200. The third-order valence-electron chi connectivity index (χ3n) is 3.39. The van der Waals surface area contributed by atoms with Crippen molar-refractivity contribution in [1.29, 1.82) is 0 Å². The lowest BCUT2D eigenvalue weighted by Crippen LogP contribution is -2.20. The van der Waals surface area contributed by atoms with Crippen LogP contribution in [0.4, 0.5) is 14.5 Å². The lowest BCUT2D eigenvalue weighted by molar-refractivity contribution is 0.0989. The minimum atomic E-state index is -2.59. The number of H-pyrrole nitrogens is 1. The average Bonchev–Trinajstić information content (AvgIpc) is 3.24. The fourth-order valence-electron chi connectivity index (χ4n) is 2.22. The molecule has 25 heavy (non-hydrogen) atoms. The summed E-state index contributed by atoms with van der Waals surface area (Å²) < 4.78 is 25.9. The Labute approximate surface area is 141 Å². The summed E-state index contributed by atoms with van der Waals surface area (Å²) in [6, 6.07) is 8.18. The first-order valence-corrected chi connectivity index (χ1v) is 7.40. The molecule has 0 unspecified atom stereocenters. The number of halogens is 2. The largest absolute Gasteiger partial charge is 0.324 e. The molecule has 2 aromatic heterocycles. The Morgan fingerprint density at radius 2 is 2.04 bits per heavy atom. The standard InChI is InChI=1S/C15H15F2N7O/c16-12(17)8-24-11(5-6-19-24)15(25)20-10-3-1-9(2-4-10)14-21-13(7-18)22-23-14/h1-6,12H,7-8,18H2,(H,20,25)(H,21,22,23). The predicted octanol–water partition coefficient (Wildman–Crippen LogP) is 1.64. The van der Waals surface area contributed by atoms with Gasteiger partial charge in [0.05, 0.1) is 6.54 Å². The number of hydrogen-bond acceptors (Lipinski definition) is 5. The van der Waals surface area contributed by atoms with Crippen molar-refractivity contribution < 1.29 is 13.6 Å². The van der Waals surface area contributed by atoms with Gasteiger partial charge in [-0.1, -0.05) is 0 Å². The van der Waals surface area contributed by atoms with Crippen LogP contribution in [-0.2, 0) is 13.1 Å². The van der Waals surface area contributed by atoms with E-state index in [4.69, 9.17) is 5.73 Å². The van der Waals surface area contributed by atoms with E-state index in [2.05, 4.69) is 25.6 Å². The zero-order chi connectivity index (χ0) is 17.8. The molecule has 2 heterocycles. The van der Waals surface area contributed by atoms with Crippen molar-refractivity contribution in [3.63, 3.8) is 0 Å². The van der Waals surface area contributed by atoms with E-state index < -0.39 is 18.9 Å². The average molecular weight is 347 g/mol. The van der Waals surface area contributed by atoms with Gasteiger partial charge in [-0.3, -0.25) is 14.6 Å². The molecule has 3 aromatic rings. The second kappa shape index (κ2) is 7.18. The number of rotatable bonds is 6. The SMILES string of the molecule is NCc1nc(-c2ccc(NC(=O)c3ccnn3CC(F)F)cc2)n[nH]1. The van der Waals surface area contributed by atoms with E-state index in [1.165, 1.54) is 12.3 Å². The molecular weight excluding hydrogens is 332 g/mol. The van der Waals surface area contributed by atoms with Gasteiger partial charge >= 0.3 is 0 Å². The summed E-state index contributed by atoms with van der Waals surface area (Å²) in [5.74, 6) is 0.544. The van der Waals surface area contributed by atoms with E-state index in [-0.39, 0.29) is 12.2 Å². The topological polar surface area (TPSA) is 115 Å². The zero-order valence-corrected chi connectivity index (χ0v) is 13.0. The number of nitrogens with zero attached hydrogens (tertiary/aromatic N) is 4. The molecule has 0 aliphatic carbocycles. The highest BCUT2D eigenvalue weighted by Crippen LogP contribution is 2.18. The molecule has 10 heteroatoms. The van der Waals surface area contributed by atoms with E-state index in [0.717, 1.165) is 10.2 Å². The molecule has 0 radical (unpaired) electrons. The Balaban J connectivity index is 1.71. The van der Waals surface area contributed by atoms with Gasteiger partial charge in [-0.15, -0.1) is 0 Å². The van der Waals surface area contributed by atoms with Crippen molar-refractivity contribution in [3.05, 3.63) is 48.0 Å². The van der Waals surface area contributed by atoms with Gasteiger partial charge < -0.3 is 11.1 Å². The lowest BCUT2D eigenvalue weighted by atomic mass is 10.2. The lowest BCUT2D eigenvalue weighted by Gasteiger charge is -2.08. The third kappa shape index (κ3) is 3.86. The molecule has 0 bridgehead atoms. The molecule has 0 saturated heterocycles. The van der Waals surface area contributed by atoms with Crippen molar-refractivity contribution in [2.75, 3.05) is 5.32 Å². The van der Waals surface area contributed by atoms with Crippen LogP contribution in [0.15, 0.2) is 36.5 Å². The highest BCUT2D eigenvalue weighted by molar-refractivity contribution is 6.03. The minimum absolute atomic E-state index is 0.0610. The number of nitrogens with two attached hydrogens (primary N) is 1. The maximum Gasteiger partial charge on any atom is 0.273 e. The molecule has 1 amide bonds. The first kappa shape index (κ1) is 16.7. The maximum absolute atomic E-state index is 12.5. The quantitative estimate of drug-likeness (QED) is 0.627. The highest BCUT2D eigenvalue weighted by Gasteiger charge is 2.15. The number of carbonyl (C=O) groups is 1. The first-order valence-electron chi connectivity index (χ1n) is 7.40. The summed E-state index contributed by atoms with van der Waals surface area (Å²) in [4.78, 5) is 16.4. The van der Waals surface area contributed by atoms with E-state index in [1.807, 2.05) is 0 Å². The molecule has 8 nitrogen and oxygen atoms in total. The van der Waals surface area contributed by atoms with E-state index in [0.29, 0.717) is 17.3 Å². The molecule has 0 fully saturated rings. The van der Waals surface area contributed by atoms with Gasteiger partial charge in [-0.2, -0.15) is 10.2 Å². The minimum Gasteiger partial charge on any atom is -0.324 e. The van der Waals surface area contributed by atoms with Gasteiger partial charge in [0.25, 0.3) is 12.3 Å². The number of benzene rings is 1. The van der Waals surface area contributed by atoms with E-state index >= 15 is 0 Å². The van der Waals surface area contributed by atoms with Crippen LogP contribution in [0, 0.1) is 0 Å². The van der Waals surface area contributed by atoms with E-state index in [1.54, 1.807) is 24.3 Å². The van der Waals surface area contributed by atoms with Crippen molar-refractivity contribution >= 4 is 11.6 Å². The first-order chi connectivity index (χ1) is 12.1. The van der Waals surface area contributed by atoms with Gasteiger partial charge in [0.2, 0.25) is 0 Å². The van der Waals surface area contributed by atoms with Crippen molar-refractivity contribution in [1.82, 2.24) is 25.0 Å². The Hall–Kier alpha value is -3.14. The summed E-state index contributed by atoms with van der Waals surface area (Å²) in [5.41, 5.74) is 6.79. The number of anilines is 1. The second-order valence-electron chi connectivity index (χ2n) is 5.13. The van der Waals surface area contributed by atoms with Crippen LogP contribution in [0.2, 0.25) is 0 Å². The second-order valence-corrected chi connectivity index (χ2v) is 5.13. The number of alkyl halides is 2. The molecule has 0 aliphatic heterocycles. The van der Waals surface area contributed by atoms with Crippen LogP contribution in [0.1, 0.15) is 16.3 Å². The van der Waals surface area contributed by atoms with Gasteiger partial charge in [-0.05, 0) is 30.3 Å². The molecule has 0 saturated carbocycles. The van der Waals surface area contributed by atoms with Crippen LogP contribution >= 0.6 is 0 Å². The van der Waals surface area contributed by atoms with E-state index in [9.17, 15) is 13.6 Å². The Morgan fingerprint density at radius 1 is 1.28 bits per heavy atom. The van der Waals surface area contributed by atoms with Crippen LogP contribution in [0.3, 0.4) is 0 Å². The summed E-state index contributed by atoms with van der Waals surface area (Å²) in [7, 11) is 0. The maximum atomic E-state index is 12.5. The number of amides is 1. The molecule has 0 spiro atoms. The number of hydrogen-bond donors (Lipinski definition) is 3. The number of carbonyl (C=O) groups excluding carboxylic acids is 1. The normalized spacial score (nSPS) is 11.0. The molecule has 3 rings (SSSR count). The van der Waals surface area contributed by atoms with Gasteiger partial charge in [0.15, 0.2) is 5.82 Å². The molecule has 0 atom stereocenters. The van der Waals surface area contributed by atoms with Gasteiger partial charge in [-0.25, -0.2) is 13.8 Å². The molecule has 130 valence electrons. The van der Waals surface area contributed by atoms with Crippen molar-refractivity contribution in [2.45, 2.75) is 19.5 Å². The molecule has 1 aromatic carbocycles. The van der Waals surface area contributed by atoms with Crippen molar-refractivity contribution in [2.24, 2.45) is 5.73 Å². The molecular formula is C15H15F2N7O. The summed E-state index contributed by atoms with van der Waals surface area (Å²) in [6.45, 7) is -0.379. The van der Waals surface area contributed by atoms with Crippen LogP contribution in [0.5, 0.6) is 0 Å². The predicted molar refractivity (Wildman–Crippen MR) is 85.9 cm³/mol. The summed E-state index contributed by atoms with van der Waals surface area (Å²) >= 11 is 0. The fourth-order valence-corrected chi connectivity index (χ4v) is 2.22. The molecule has 4 N–H and O–H groups in total. The Morgan fingerprint density at radius 3 is 2.68 bits per heavy atom. The van der Waals surface area contributed by atoms with Crippen LogP contribution < -0.4 is 11.1 Å². The number of nitrogens with one attached hydrogen (secondary N) is 2. The number of aromatic nitrogens is 5. The van der Waals surface area contributed by atoms with Crippen LogP contribution in [-0.4, -0.2) is 37.3 Å². The van der Waals surface area contributed by atoms with Crippen LogP contribution in [0.25, 0.3) is 11.4 Å². The Kier molecular flexibility index (Phi) is 4.80. The number of aromatic amines is 1. The summed E-state index contributed by atoms with van der Waals surface area (Å²) in [5, 5.41) is 13.1. The summed E-state index contributed by atoms with van der Waals surface area (Å²) in [6.07, 6.45) is -1.29. The van der Waals surface area contributed by atoms with Gasteiger partial charge in [0, 0.05) is 17.4 Å². The zero-order valence-electron chi connectivity index (χ0n) is 13.0. The molecule has 0 aliphatic rings. The Bertz CT molecular complexity index is 857.